The highest BCUT2D eigenvalue weighted by atomic mass is 127. The van der Waals surface area contributed by atoms with Gasteiger partial charge in [0.05, 0.1) is 10.7 Å². The van der Waals surface area contributed by atoms with E-state index in [0.717, 1.165) is 30.2 Å². The summed E-state index contributed by atoms with van der Waals surface area (Å²) in [5.74, 6) is 1.65. The monoisotopic (exact) mass is 402 g/mol. The summed E-state index contributed by atoms with van der Waals surface area (Å²) < 4.78 is 6.89. The largest absolute Gasteiger partial charge is 0.487 e. The number of aromatic nitrogens is 1. The summed E-state index contributed by atoms with van der Waals surface area (Å²) >= 11 is 8.41. The van der Waals surface area contributed by atoms with Crippen molar-refractivity contribution in [1.29, 1.82) is 0 Å². The van der Waals surface area contributed by atoms with Gasteiger partial charge in [-0.15, -0.1) is 0 Å². The summed E-state index contributed by atoms with van der Waals surface area (Å²) in [5, 5.41) is 3.86. The molecule has 0 aliphatic heterocycles. The van der Waals surface area contributed by atoms with Gasteiger partial charge in [0.2, 0.25) is 0 Å². The normalized spacial score (nSPS) is 10.3. The second-order valence-electron chi connectivity index (χ2n) is 4.29. The first-order chi connectivity index (χ1) is 9.69. The number of nitrogens with zero attached hydrogens (tertiary/aromatic N) is 1. The summed E-state index contributed by atoms with van der Waals surface area (Å²) in [7, 11) is 0. The highest BCUT2D eigenvalue weighted by Gasteiger charge is 2.05. The smallest absolute Gasteiger partial charge is 0.132 e. The predicted molar refractivity (Wildman–Crippen MR) is 91.5 cm³/mol. The van der Waals surface area contributed by atoms with Crippen molar-refractivity contribution in [3.63, 3.8) is 0 Å². The molecule has 20 heavy (non-hydrogen) atoms. The van der Waals surface area contributed by atoms with E-state index in [-0.39, 0.29) is 0 Å². The van der Waals surface area contributed by atoms with E-state index >= 15 is 0 Å². The summed E-state index contributed by atoms with van der Waals surface area (Å²) in [5.41, 5.74) is 0.742. The predicted octanol–water partition coefficient (Wildman–Crippen LogP) is 4.74. The lowest BCUT2D eigenvalue weighted by molar-refractivity contribution is 0.301. The van der Waals surface area contributed by atoms with Crippen molar-refractivity contribution in [2.75, 3.05) is 11.9 Å². The van der Waals surface area contributed by atoms with Crippen molar-refractivity contribution in [2.24, 2.45) is 0 Å². The molecule has 1 N–H and O–H groups in total. The lowest BCUT2D eigenvalue weighted by Gasteiger charge is -2.10. The van der Waals surface area contributed by atoms with Gasteiger partial charge in [0.15, 0.2) is 0 Å². The second kappa shape index (κ2) is 7.69. The highest BCUT2D eigenvalue weighted by molar-refractivity contribution is 14.1. The van der Waals surface area contributed by atoms with Crippen molar-refractivity contribution in [3.8, 4) is 5.75 Å². The van der Waals surface area contributed by atoms with E-state index in [1.165, 1.54) is 3.57 Å². The molecule has 5 heteroatoms. The molecular weight excluding hydrogens is 387 g/mol. The quantitative estimate of drug-likeness (QED) is 0.709. The zero-order valence-corrected chi connectivity index (χ0v) is 14.1. The Morgan fingerprint density at radius 3 is 2.65 bits per heavy atom. The molecule has 0 saturated heterocycles. The Labute approximate surface area is 137 Å². The highest BCUT2D eigenvalue weighted by Crippen LogP contribution is 2.20. The molecule has 0 amide bonds. The molecule has 0 unspecified atom stereocenters. The van der Waals surface area contributed by atoms with Crippen LogP contribution in [0.25, 0.3) is 0 Å². The van der Waals surface area contributed by atoms with Crippen LogP contribution in [0.15, 0.2) is 36.4 Å². The van der Waals surface area contributed by atoms with Gasteiger partial charge in [-0.05, 0) is 65.4 Å². The molecule has 106 valence electrons. The van der Waals surface area contributed by atoms with Crippen molar-refractivity contribution < 1.29 is 4.74 Å². The van der Waals surface area contributed by atoms with Crippen LogP contribution in [0.1, 0.15) is 19.0 Å². The molecule has 0 spiro atoms. The SMILES string of the molecule is CCCNc1ccc(Cl)c(COc2ccc(I)cc2)n1. The van der Waals surface area contributed by atoms with Crippen LogP contribution in [-0.2, 0) is 6.61 Å². The molecule has 1 heterocycles. The lowest BCUT2D eigenvalue weighted by atomic mass is 10.3. The molecule has 2 aromatic rings. The molecular formula is C15H16ClIN2O. The summed E-state index contributed by atoms with van der Waals surface area (Å²) in [6, 6.07) is 11.6. The molecule has 0 radical (unpaired) electrons. The molecule has 0 fully saturated rings. The second-order valence-corrected chi connectivity index (χ2v) is 5.95. The van der Waals surface area contributed by atoms with E-state index in [1.807, 2.05) is 36.4 Å². The van der Waals surface area contributed by atoms with Gasteiger partial charge in [-0.3, -0.25) is 0 Å². The minimum atomic E-state index is 0.362. The van der Waals surface area contributed by atoms with Gasteiger partial charge in [-0.2, -0.15) is 0 Å². The van der Waals surface area contributed by atoms with Crippen LogP contribution in [0.4, 0.5) is 5.82 Å². The van der Waals surface area contributed by atoms with E-state index < -0.39 is 0 Å². The molecule has 0 aliphatic carbocycles. The van der Waals surface area contributed by atoms with Gasteiger partial charge in [0.25, 0.3) is 0 Å². The zero-order valence-electron chi connectivity index (χ0n) is 11.2. The molecule has 0 atom stereocenters. The Kier molecular flexibility index (Phi) is 5.91. The standard InChI is InChI=1S/C15H16ClIN2O/c1-2-9-18-15-8-7-13(16)14(19-15)10-20-12-5-3-11(17)4-6-12/h3-8H,2,9-10H2,1H3,(H,18,19). The van der Waals surface area contributed by atoms with Crippen molar-refractivity contribution in [2.45, 2.75) is 20.0 Å². The number of ether oxygens (including phenoxy) is 1. The fourth-order valence-electron chi connectivity index (χ4n) is 1.62. The minimum absolute atomic E-state index is 0.362. The minimum Gasteiger partial charge on any atom is -0.487 e. The Morgan fingerprint density at radius 2 is 1.95 bits per heavy atom. The van der Waals surface area contributed by atoms with Crippen molar-refractivity contribution in [3.05, 3.63) is 50.7 Å². The van der Waals surface area contributed by atoms with E-state index in [2.05, 4.69) is 39.8 Å². The van der Waals surface area contributed by atoms with E-state index in [0.29, 0.717) is 11.6 Å². The van der Waals surface area contributed by atoms with Gasteiger partial charge in [-0.1, -0.05) is 18.5 Å². The maximum atomic E-state index is 6.15. The first-order valence-electron chi connectivity index (χ1n) is 6.46. The Bertz CT molecular complexity index is 560. The van der Waals surface area contributed by atoms with Crippen LogP contribution in [-0.4, -0.2) is 11.5 Å². The summed E-state index contributed by atoms with van der Waals surface area (Å²) in [6.45, 7) is 3.37. The fraction of sp³-hybridized carbons (Fsp3) is 0.267. The number of anilines is 1. The van der Waals surface area contributed by atoms with Gasteiger partial charge < -0.3 is 10.1 Å². The van der Waals surface area contributed by atoms with Crippen molar-refractivity contribution in [1.82, 2.24) is 4.98 Å². The number of hydrogen-bond donors (Lipinski definition) is 1. The maximum absolute atomic E-state index is 6.15. The van der Waals surface area contributed by atoms with Gasteiger partial charge in [-0.25, -0.2) is 4.98 Å². The molecule has 0 bridgehead atoms. The topological polar surface area (TPSA) is 34.1 Å². The number of benzene rings is 1. The Morgan fingerprint density at radius 1 is 1.20 bits per heavy atom. The third kappa shape index (κ3) is 4.52. The first-order valence-corrected chi connectivity index (χ1v) is 7.92. The number of hydrogen-bond acceptors (Lipinski definition) is 3. The molecule has 0 aliphatic rings. The van der Waals surface area contributed by atoms with Crippen LogP contribution < -0.4 is 10.1 Å². The van der Waals surface area contributed by atoms with Crippen LogP contribution in [0.2, 0.25) is 5.02 Å². The van der Waals surface area contributed by atoms with Crippen LogP contribution in [0.5, 0.6) is 5.75 Å². The summed E-state index contributed by atoms with van der Waals surface area (Å²) in [4.78, 5) is 4.47. The Hall–Kier alpha value is -1.01. The van der Waals surface area contributed by atoms with Crippen LogP contribution in [0.3, 0.4) is 0 Å². The number of halogens is 2. The molecule has 1 aromatic heterocycles. The van der Waals surface area contributed by atoms with Gasteiger partial charge in [0, 0.05) is 10.1 Å². The number of rotatable bonds is 6. The fourth-order valence-corrected chi connectivity index (χ4v) is 2.14. The van der Waals surface area contributed by atoms with E-state index in [4.69, 9.17) is 16.3 Å². The van der Waals surface area contributed by atoms with Crippen molar-refractivity contribution >= 4 is 40.0 Å². The van der Waals surface area contributed by atoms with E-state index in [9.17, 15) is 0 Å². The lowest BCUT2D eigenvalue weighted by Crippen LogP contribution is -2.05. The van der Waals surface area contributed by atoms with Gasteiger partial charge in [0.1, 0.15) is 18.2 Å². The van der Waals surface area contributed by atoms with E-state index in [1.54, 1.807) is 0 Å². The average molecular weight is 403 g/mol. The Balaban J connectivity index is 2.02. The maximum Gasteiger partial charge on any atom is 0.132 e. The third-order valence-corrected chi connectivity index (χ3v) is 3.73. The van der Waals surface area contributed by atoms with Crippen LogP contribution in [0, 0.1) is 3.57 Å². The molecule has 1 aromatic carbocycles. The molecule has 3 nitrogen and oxygen atoms in total. The molecule has 2 rings (SSSR count). The molecule has 0 saturated carbocycles. The first kappa shape index (κ1) is 15.4. The van der Waals surface area contributed by atoms with Crippen LogP contribution >= 0.6 is 34.2 Å². The average Bonchev–Trinajstić information content (AvgIpc) is 2.46. The number of nitrogens with one attached hydrogen (secondary N) is 1. The number of pyridine rings is 1. The summed E-state index contributed by atoms with van der Waals surface area (Å²) in [6.07, 6.45) is 1.05. The van der Waals surface area contributed by atoms with Gasteiger partial charge >= 0.3 is 0 Å². The third-order valence-electron chi connectivity index (χ3n) is 2.66. The zero-order chi connectivity index (χ0) is 14.4.